The van der Waals surface area contributed by atoms with Crippen LogP contribution in [-0.2, 0) is 0 Å². The van der Waals surface area contributed by atoms with Crippen LogP contribution in [0.4, 0.5) is 110 Å². The summed E-state index contributed by atoms with van der Waals surface area (Å²) < 4.78 is 326. The molecule has 0 aromatic rings. The Labute approximate surface area is 194 Å². The number of rotatable bonds is 10. The van der Waals surface area contributed by atoms with Gasteiger partial charge in [0, 0.05) is 0 Å². The molecule has 0 atom stereocenters. The van der Waals surface area contributed by atoms with E-state index in [1.54, 1.807) is 0 Å². The zero-order chi connectivity index (χ0) is 32.7. The first-order valence-electron chi connectivity index (χ1n) is 8.14. The minimum Gasteiger partial charge on any atom is -0.390 e. The van der Waals surface area contributed by atoms with Crippen LogP contribution >= 0.6 is 0 Å². The van der Waals surface area contributed by atoms with E-state index in [4.69, 9.17) is 5.11 Å². The largest absolute Gasteiger partial charge is 0.438 e. The second kappa shape index (κ2) is 8.85. The Balaban J connectivity index is 7.46. The molecule has 0 aliphatic rings. The van der Waals surface area contributed by atoms with Crippen molar-refractivity contribution < 1.29 is 115 Å². The fourth-order valence-corrected chi connectivity index (χ4v) is 2.25. The van der Waals surface area contributed by atoms with Gasteiger partial charge in [0.25, 0.3) is 0 Å². The Morgan fingerprint density at radius 3 is 0.641 bits per heavy atom. The van der Waals surface area contributed by atoms with Gasteiger partial charge in [-0.2, -0.15) is 105 Å². The topological polar surface area (TPSA) is 20.2 Å². The lowest BCUT2D eigenvalue weighted by Gasteiger charge is -2.46. The highest BCUT2D eigenvalue weighted by Gasteiger charge is 3.00. The number of halogens is 25. The van der Waals surface area contributed by atoms with Gasteiger partial charge in [0.05, 0.1) is 0 Å². The fraction of sp³-hybridized carbons (Fsp3) is 1.00. The van der Waals surface area contributed by atoms with E-state index < -0.39 is 77.9 Å². The standard InChI is InChI=1S/C13H3F25O/c14-2(15,1-39)4(17,18)6(21,22)8(25,26)10(29,30)11(31,32)9(27,28)7(23,24)5(19,20)3(16,12(33,34)35)13(36,37)38/h39H,1H2. The maximum atomic E-state index is 13.5. The number of hydrogen-bond donors (Lipinski definition) is 1. The van der Waals surface area contributed by atoms with E-state index in [1.807, 2.05) is 0 Å². The normalized spacial score (nSPS) is 17.1. The SMILES string of the molecule is OCC(F)(F)C(F)(F)C(F)(F)C(F)(F)C(F)(F)C(F)(F)C(F)(F)C(F)(F)C(F)(F)C(F)(C(F)(F)F)C(F)(F)F. The third kappa shape index (κ3) is 4.22. The van der Waals surface area contributed by atoms with Crippen LogP contribution in [0.3, 0.4) is 0 Å². The van der Waals surface area contributed by atoms with Crippen LogP contribution in [0, 0.1) is 0 Å². The summed E-state index contributed by atoms with van der Waals surface area (Å²) in [4.78, 5) is 0. The van der Waals surface area contributed by atoms with Gasteiger partial charge in [0.15, 0.2) is 0 Å². The summed E-state index contributed by atoms with van der Waals surface area (Å²) in [6, 6.07) is 0. The first kappa shape index (κ1) is 37.2. The predicted octanol–water partition coefficient (Wildman–Crippen LogP) is 7.53. The number of aliphatic hydroxyl groups is 1. The third-order valence-corrected chi connectivity index (χ3v) is 4.63. The van der Waals surface area contributed by atoms with E-state index in [2.05, 4.69) is 0 Å². The van der Waals surface area contributed by atoms with Crippen molar-refractivity contribution in [1.82, 2.24) is 0 Å². The van der Waals surface area contributed by atoms with Crippen molar-refractivity contribution in [2.75, 3.05) is 6.61 Å². The quantitative estimate of drug-likeness (QED) is 0.243. The molecular formula is C13H3F25O. The third-order valence-electron chi connectivity index (χ3n) is 4.63. The van der Waals surface area contributed by atoms with Crippen LogP contribution in [-0.4, -0.2) is 83.0 Å². The van der Waals surface area contributed by atoms with Crippen LogP contribution in [0.5, 0.6) is 0 Å². The maximum absolute atomic E-state index is 13.5. The average molecular weight is 650 g/mol. The highest BCUT2D eigenvalue weighted by Crippen LogP contribution is 2.68. The van der Waals surface area contributed by atoms with Crippen LogP contribution in [0.1, 0.15) is 0 Å². The minimum absolute atomic E-state index is 3.76. The summed E-state index contributed by atoms with van der Waals surface area (Å²) >= 11 is 0. The van der Waals surface area contributed by atoms with E-state index in [9.17, 15) is 110 Å². The van der Waals surface area contributed by atoms with E-state index in [1.165, 1.54) is 0 Å². The molecule has 0 heterocycles. The van der Waals surface area contributed by atoms with Gasteiger partial charge in [0.1, 0.15) is 6.61 Å². The Kier molecular flexibility index (Phi) is 8.45. The molecule has 0 spiro atoms. The molecule has 0 saturated heterocycles. The van der Waals surface area contributed by atoms with Gasteiger partial charge in [0.2, 0.25) is 0 Å². The van der Waals surface area contributed by atoms with Crippen LogP contribution < -0.4 is 0 Å². The molecule has 0 aliphatic heterocycles. The van der Waals surface area contributed by atoms with Crippen molar-refractivity contribution in [3.8, 4) is 0 Å². The molecule has 0 radical (unpaired) electrons. The van der Waals surface area contributed by atoms with Crippen LogP contribution in [0.25, 0.3) is 0 Å². The Morgan fingerprint density at radius 2 is 0.462 bits per heavy atom. The maximum Gasteiger partial charge on any atom is 0.438 e. The lowest BCUT2D eigenvalue weighted by Crippen LogP contribution is -2.79. The monoisotopic (exact) mass is 650 g/mol. The van der Waals surface area contributed by atoms with Crippen molar-refractivity contribution >= 4 is 0 Å². The number of alkyl halides is 25. The van der Waals surface area contributed by atoms with Crippen molar-refractivity contribution in [2.24, 2.45) is 0 Å². The zero-order valence-electron chi connectivity index (χ0n) is 16.6. The molecular weight excluding hydrogens is 647 g/mol. The molecule has 0 bridgehead atoms. The summed E-state index contributed by atoms with van der Waals surface area (Å²) in [6.07, 6.45) is -17.2. The van der Waals surface area contributed by atoms with Gasteiger partial charge in [-0.05, 0) is 0 Å². The van der Waals surface area contributed by atoms with Gasteiger partial charge in [-0.15, -0.1) is 0 Å². The molecule has 39 heavy (non-hydrogen) atoms. The van der Waals surface area contributed by atoms with Crippen LogP contribution in [0.2, 0.25) is 0 Å². The molecule has 1 N–H and O–H groups in total. The molecule has 0 rings (SSSR count). The molecule has 0 aromatic heterocycles. The second-order valence-corrected chi connectivity index (χ2v) is 7.11. The lowest BCUT2D eigenvalue weighted by molar-refractivity contribution is -0.484. The predicted molar refractivity (Wildman–Crippen MR) is 67.6 cm³/mol. The lowest BCUT2D eigenvalue weighted by atomic mass is 9.82. The second-order valence-electron chi connectivity index (χ2n) is 7.11. The van der Waals surface area contributed by atoms with Crippen molar-refractivity contribution in [3.05, 3.63) is 0 Å². The zero-order valence-corrected chi connectivity index (χ0v) is 16.6. The molecule has 0 aliphatic carbocycles. The van der Waals surface area contributed by atoms with E-state index >= 15 is 0 Å². The Bertz CT molecular complexity index is 875. The van der Waals surface area contributed by atoms with Gasteiger partial charge in [-0.3, -0.25) is 0 Å². The molecule has 0 saturated carbocycles. The first-order chi connectivity index (χ1) is 16.3. The summed E-state index contributed by atoms with van der Waals surface area (Å²) in [7, 11) is 0. The van der Waals surface area contributed by atoms with Crippen molar-refractivity contribution in [3.63, 3.8) is 0 Å². The first-order valence-corrected chi connectivity index (χ1v) is 8.14. The molecule has 1 nitrogen and oxygen atoms in total. The summed E-state index contributed by atoms with van der Waals surface area (Å²) in [5.41, 5.74) is -9.13. The minimum atomic E-state index is -9.67. The van der Waals surface area contributed by atoms with Gasteiger partial charge in [-0.1, -0.05) is 0 Å². The van der Waals surface area contributed by atoms with Crippen molar-refractivity contribution in [1.29, 1.82) is 0 Å². The molecule has 0 fully saturated rings. The van der Waals surface area contributed by atoms with E-state index in [0.717, 1.165) is 0 Å². The summed E-state index contributed by atoms with van der Waals surface area (Å²) in [5, 5.41) is 7.79. The molecule has 236 valence electrons. The van der Waals surface area contributed by atoms with E-state index in [0.29, 0.717) is 0 Å². The molecule has 0 aromatic carbocycles. The summed E-state index contributed by atoms with van der Waals surface area (Å²) in [6.45, 7) is -3.76. The highest BCUT2D eigenvalue weighted by atomic mass is 19.4. The van der Waals surface area contributed by atoms with E-state index in [-0.39, 0.29) is 0 Å². The van der Waals surface area contributed by atoms with Crippen molar-refractivity contribution in [2.45, 2.75) is 71.3 Å². The molecule has 26 heteroatoms. The Morgan fingerprint density at radius 1 is 0.282 bits per heavy atom. The highest BCUT2D eigenvalue weighted by molar-refractivity contribution is 5.21. The van der Waals surface area contributed by atoms with Gasteiger partial charge >= 0.3 is 71.3 Å². The van der Waals surface area contributed by atoms with Crippen LogP contribution in [0.15, 0.2) is 0 Å². The molecule has 0 amide bonds. The van der Waals surface area contributed by atoms with Gasteiger partial charge in [-0.25, -0.2) is 4.39 Å². The average Bonchev–Trinajstić information content (AvgIpc) is 2.69. The summed E-state index contributed by atoms with van der Waals surface area (Å²) in [5.74, 6) is -81.5. The number of aliphatic hydroxyl groups excluding tert-OH is 1. The Hall–Kier alpha value is -1.79. The molecule has 0 unspecified atom stereocenters. The fourth-order valence-electron chi connectivity index (χ4n) is 2.25. The smallest absolute Gasteiger partial charge is 0.390 e. The number of hydrogen-bond acceptors (Lipinski definition) is 1. The van der Waals surface area contributed by atoms with Gasteiger partial charge < -0.3 is 5.11 Å².